The molecule has 2 aliphatic rings. The maximum absolute atomic E-state index is 2.49. The molecule has 2 nitrogen and oxygen atoms in total. The SMILES string of the molecule is CC1(C)c2ccccc2-c2ccc(N(c3ccccc3)c3ccc(-c4ccc5c(c4)C(C)(C)c4c(ccc6c7ccccc7c7ccccc7c46)N5c4ccccc4)cc3)cc21. The van der Waals surface area contributed by atoms with E-state index in [1.165, 1.54) is 88.2 Å². The largest absolute Gasteiger partial charge is 0.310 e. The van der Waals surface area contributed by atoms with Crippen LogP contribution in [-0.4, -0.2) is 0 Å². The van der Waals surface area contributed by atoms with E-state index in [4.69, 9.17) is 0 Å². The molecule has 0 saturated heterocycles. The van der Waals surface area contributed by atoms with E-state index in [9.17, 15) is 0 Å². The van der Waals surface area contributed by atoms with Crippen LogP contribution in [0.3, 0.4) is 0 Å². The van der Waals surface area contributed by atoms with E-state index < -0.39 is 0 Å². The Bertz CT molecular complexity index is 3360. The van der Waals surface area contributed by atoms with Gasteiger partial charge in [-0.3, -0.25) is 0 Å². The van der Waals surface area contributed by atoms with E-state index in [-0.39, 0.29) is 10.8 Å². The Balaban J connectivity index is 1.00. The molecule has 0 aromatic heterocycles. The number of para-hydroxylation sites is 2. The van der Waals surface area contributed by atoms with Crippen molar-refractivity contribution in [2.24, 2.45) is 0 Å². The van der Waals surface area contributed by atoms with Crippen LogP contribution in [-0.2, 0) is 10.8 Å². The van der Waals surface area contributed by atoms with E-state index in [2.05, 4.69) is 244 Å². The average molecular weight is 795 g/mol. The molecular formula is C60H46N2. The zero-order chi connectivity index (χ0) is 41.7. The molecule has 0 saturated carbocycles. The minimum atomic E-state index is -0.318. The summed E-state index contributed by atoms with van der Waals surface area (Å²) in [5, 5.41) is 7.82. The second-order valence-corrected chi connectivity index (χ2v) is 18.1. The predicted octanol–water partition coefficient (Wildman–Crippen LogP) is 16.7. The summed E-state index contributed by atoms with van der Waals surface area (Å²) in [5.41, 5.74) is 17.1. The lowest BCUT2D eigenvalue weighted by atomic mass is 9.70. The predicted molar refractivity (Wildman–Crippen MR) is 263 cm³/mol. The summed E-state index contributed by atoms with van der Waals surface area (Å²) >= 11 is 0. The first-order valence-corrected chi connectivity index (χ1v) is 21.9. The first-order chi connectivity index (χ1) is 30.3. The molecule has 1 aliphatic heterocycles. The van der Waals surface area contributed by atoms with E-state index in [1.807, 2.05) is 0 Å². The third-order valence-electron chi connectivity index (χ3n) is 14.0. The topological polar surface area (TPSA) is 6.48 Å². The van der Waals surface area contributed by atoms with Crippen molar-refractivity contribution in [1.82, 2.24) is 0 Å². The number of hydrogen-bond acceptors (Lipinski definition) is 2. The molecule has 10 aromatic carbocycles. The summed E-state index contributed by atoms with van der Waals surface area (Å²) in [5.74, 6) is 0. The van der Waals surface area contributed by atoms with Crippen LogP contribution in [0.5, 0.6) is 0 Å². The third-order valence-corrected chi connectivity index (χ3v) is 14.0. The highest BCUT2D eigenvalue weighted by Gasteiger charge is 2.40. The van der Waals surface area contributed by atoms with E-state index in [0.717, 1.165) is 22.7 Å². The van der Waals surface area contributed by atoms with Crippen molar-refractivity contribution in [1.29, 1.82) is 0 Å². The maximum atomic E-state index is 2.49. The van der Waals surface area contributed by atoms with Gasteiger partial charge in [0.15, 0.2) is 0 Å². The van der Waals surface area contributed by atoms with Crippen molar-refractivity contribution >= 4 is 66.4 Å². The van der Waals surface area contributed by atoms with E-state index >= 15 is 0 Å². The summed E-state index contributed by atoms with van der Waals surface area (Å²) in [4.78, 5) is 4.88. The lowest BCUT2D eigenvalue weighted by Gasteiger charge is -2.43. The minimum absolute atomic E-state index is 0.0852. The summed E-state index contributed by atoms with van der Waals surface area (Å²) in [6.07, 6.45) is 0. The lowest BCUT2D eigenvalue weighted by molar-refractivity contribution is 0.639. The Morgan fingerprint density at radius 3 is 1.61 bits per heavy atom. The maximum Gasteiger partial charge on any atom is 0.0509 e. The molecule has 1 aliphatic carbocycles. The molecule has 1 heterocycles. The molecule has 0 bridgehead atoms. The molecule has 0 N–H and O–H groups in total. The summed E-state index contributed by atoms with van der Waals surface area (Å²) < 4.78 is 0. The molecule has 2 heteroatoms. The van der Waals surface area contributed by atoms with Crippen LogP contribution in [0.4, 0.5) is 34.1 Å². The number of fused-ring (bicyclic) bond motifs is 12. The minimum Gasteiger partial charge on any atom is -0.310 e. The molecule has 0 fully saturated rings. The van der Waals surface area contributed by atoms with Crippen LogP contribution in [0.25, 0.3) is 54.6 Å². The number of anilines is 6. The molecule has 0 radical (unpaired) electrons. The van der Waals surface area contributed by atoms with Gasteiger partial charge in [-0.05, 0) is 144 Å². The Labute approximate surface area is 364 Å². The summed E-state index contributed by atoms with van der Waals surface area (Å²) in [6, 6.07) is 76.4. The van der Waals surface area contributed by atoms with Crippen molar-refractivity contribution in [2.45, 2.75) is 38.5 Å². The highest BCUT2D eigenvalue weighted by Crippen LogP contribution is 2.56. The van der Waals surface area contributed by atoms with Crippen LogP contribution in [0.2, 0.25) is 0 Å². The Morgan fingerprint density at radius 1 is 0.355 bits per heavy atom. The molecule has 296 valence electrons. The highest BCUT2D eigenvalue weighted by atomic mass is 15.2. The average Bonchev–Trinajstić information content (AvgIpc) is 3.55. The second-order valence-electron chi connectivity index (χ2n) is 18.1. The van der Waals surface area contributed by atoms with Gasteiger partial charge < -0.3 is 9.80 Å². The third kappa shape index (κ3) is 5.29. The Morgan fingerprint density at radius 2 is 0.887 bits per heavy atom. The van der Waals surface area contributed by atoms with Gasteiger partial charge >= 0.3 is 0 Å². The number of rotatable bonds is 5. The van der Waals surface area contributed by atoms with Gasteiger partial charge in [-0.15, -0.1) is 0 Å². The van der Waals surface area contributed by atoms with Gasteiger partial charge in [0.05, 0.1) is 11.4 Å². The van der Waals surface area contributed by atoms with Gasteiger partial charge in [-0.2, -0.15) is 0 Å². The van der Waals surface area contributed by atoms with Gasteiger partial charge in [0.1, 0.15) is 0 Å². The van der Waals surface area contributed by atoms with Crippen LogP contribution in [0, 0.1) is 0 Å². The summed E-state index contributed by atoms with van der Waals surface area (Å²) in [6.45, 7) is 9.56. The van der Waals surface area contributed by atoms with Crippen molar-refractivity contribution in [2.75, 3.05) is 9.80 Å². The molecule has 12 rings (SSSR count). The number of hydrogen-bond donors (Lipinski definition) is 0. The van der Waals surface area contributed by atoms with Crippen LogP contribution in [0.1, 0.15) is 49.9 Å². The van der Waals surface area contributed by atoms with Crippen LogP contribution in [0.15, 0.2) is 206 Å². The van der Waals surface area contributed by atoms with Crippen molar-refractivity contribution in [3.63, 3.8) is 0 Å². The van der Waals surface area contributed by atoms with Gasteiger partial charge in [-0.25, -0.2) is 0 Å². The molecule has 0 spiro atoms. The smallest absolute Gasteiger partial charge is 0.0509 e. The number of benzene rings is 10. The normalized spacial score (nSPS) is 14.4. The Hall–Kier alpha value is -7.42. The van der Waals surface area contributed by atoms with Crippen molar-refractivity contribution in [3.8, 4) is 22.3 Å². The fourth-order valence-electron chi connectivity index (χ4n) is 11.0. The van der Waals surface area contributed by atoms with Gasteiger partial charge in [0.2, 0.25) is 0 Å². The first kappa shape index (κ1) is 36.4. The Kier molecular flexibility index (Phi) is 7.96. The standard InChI is InChI=1S/C60H46N2/c1-59(2)52-26-16-15-24-48(52)49-33-32-44(38-53(49)59)61(41-17-7-5-8-18-41)43-30-27-39(28-31-43)40-29-35-55-54(37-40)60(3,4)58-56(62(55)42-19-9-6-10-20-42)36-34-51-47-23-12-11-21-45(47)46-22-13-14-25-50(46)57(51)58/h5-38H,1-4H3. The van der Waals surface area contributed by atoms with Crippen LogP contribution < -0.4 is 9.80 Å². The van der Waals surface area contributed by atoms with Crippen LogP contribution >= 0.6 is 0 Å². The van der Waals surface area contributed by atoms with Gasteiger partial charge in [0, 0.05) is 33.6 Å². The highest BCUT2D eigenvalue weighted by molar-refractivity contribution is 6.27. The second kappa shape index (κ2) is 13.5. The quantitative estimate of drug-likeness (QED) is 0.160. The zero-order valence-electron chi connectivity index (χ0n) is 35.5. The lowest BCUT2D eigenvalue weighted by Crippen LogP contribution is -2.31. The van der Waals surface area contributed by atoms with Crippen molar-refractivity contribution < 1.29 is 0 Å². The van der Waals surface area contributed by atoms with Gasteiger partial charge in [-0.1, -0.05) is 167 Å². The summed E-state index contributed by atoms with van der Waals surface area (Å²) in [7, 11) is 0. The van der Waals surface area contributed by atoms with Crippen molar-refractivity contribution in [3.05, 3.63) is 229 Å². The van der Waals surface area contributed by atoms with E-state index in [1.54, 1.807) is 0 Å². The molecule has 0 unspecified atom stereocenters. The molecular weight excluding hydrogens is 749 g/mol. The van der Waals surface area contributed by atoms with Gasteiger partial charge in [0.25, 0.3) is 0 Å². The first-order valence-electron chi connectivity index (χ1n) is 21.9. The molecule has 10 aromatic rings. The zero-order valence-corrected chi connectivity index (χ0v) is 35.5. The fourth-order valence-corrected chi connectivity index (χ4v) is 11.0. The molecule has 62 heavy (non-hydrogen) atoms. The fraction of sp³-hybridized carbons (Fsp3) is 0.100. The molecule has 0 amide bonds. The number of nitrogens with zero attached hydrogens (tertiary/aromatic N) is 2. The van der Waals surface area contributed by atoms with E-state index in [0.29, 0.717) is 0 Å². The monoisotopic (exact) mass is 794 g/mol. The molecule has 0 atom stereocenters.